The van der Waals surface area contributed by atoms with E-state index in [0.717, 1.165) is 18.9 Å². The number of ether oxygens (including phenoxy) is 1. The first-order valence-electron chi connectivity index (χ1n) is 10.3. The minimum Gasteiger partial charge on any atom is -0.490 e. The molecule has 0 fully saturated rings. The standard InChI is InChI=1S/C21H30N6O4S/c1-5-27(6-2)17-12-14(10-11-23-17)20(28)24-21(3,4)13-31-16-9-7-8-15-18(16)19(22)26-32(29,30)25-15/h7-12,25,29-30H,5-6,13H2,1-4H3,(H2,22,26)(H,24,28). The lowest BCUT2D eigenvalue weighted by atomic mass is 10.1. The summed E-state index contributed by atoms with van der Waals surface area (Å²) in [5.41, 5.74) is 6.59. The maximum absolute atomic E-state index is 12.9. The molecular weight excluding hydrogens is 432 g/mol. The molecule has 0 saturated carbocycles. The van der Waals surface area contributed by atoms with Gasteiger partial charge in [-0.3, -0.25) is 18.6 Å². The van der Waals surface area contributed by atoms with Crippen LogP contribution in [-0.2, 0) is 0 Å². The van der Waals surface area contributed by atoms with Crippen LogP contribution in [0.1, 0.15) is 43.6 Å². The Bertz CT molecular complexity index is 1020. The largest absolute Gasteiger partial charge is 0.490 e. The van der Waals surface area contributed by atoms with Crippen molar-refractivity contribution >= 4 is 34.2 Å². The molecule has 0 atom stereocenters. The molecule has 6 N–H and O–H groups in total. The van der Waals surface area contributed by atoms with E-state index in [2.05, 4.69) is 24.3 Å². The van der Waals surface area contributed by atoms with Crippen molar-refractivity contribution in [1.29, 1.82) is 0 Å². The van der Waals surface area contributed by atoms with Crippen molar-refractivity contribution in [1.82, 2.24) is 10.3 Å². The van der Waals surface area contributed by atoms with Crippen molar-refractivity contribution in [2.24, 2.45) is 10.1 Å². The van der Waals surface area contributed by atoms with Crippen molar-refractivity contribution < 1.29 is 18.6 Å². The van der Waals surface area contributed by atoms with E-state index in [1.807, 2.05) is 27.7 Å². The molecule has 1 aliphatic heterocycles. The van der Waals surface area contributed by atoms with Crippen LogP contribution in [0.4, 0.5) is 11.5 Å². The van der Waals surface area contributed by atoms with Gasteiger partial charge in [-0.2, -0.15) is 0 Å². The van der Waals surface area contributed by atoms with Gasteiger partial charge in [-0.25, -0.2) is 4.98 Å². The highest BCUT2D eigenvalue weighted by atomic mass is 32.3. The van der Waals surface area contributed by atoms with E-state index in [-0.39, 0.29) is 18.3 Å². The van der Waals surface area contributed by atoms with Crippen LogP contribution in [0.3, 0.4) is 0 Å². The van der Waals surface area contributed by atoms with Crippen LogP contribution in [0.25, 0.3) is 0 Å². The van der Waals surface area contributed by atoms with Crippen molar-refractivity contribution in [3.05, 3.63) is 47.7 Å². The van der Waals surface area contributed by atoms with Crippen LogP contribution in [0.15, 0.2) is 40.9 Å². The molecule has 0 saturated heterocycles. The average Bonchev–Trinajstić information content (AvgIpc) is 2.72. The number of nitrogens with one attached hydrogen (secondary N) is 2. The Morgan fingerprint density at radius 1 is 1.28 bits per heavy atom. The first kappa shape index (κ1) is 23.6. The molecule has 2 aromatic rings. The molecule has 174 valence electrons. The van der Waals surface area contributed by atoms with Crippen molar-refractivity contribution in [2.45, 2.75) is 33.2 Å². The van der Waals surface area contributed by atoms with Gasteiger partial charge < -0.3 is 20.7 Å². The molecule has 0 unspecified atom stereocenters. The molecular formula is C21H30N6O4S. The summed E-state index contributed by atoms with van der Waals surface area (Å²) in [6, 6.07) is 8.51. The van der Waals surface area contributed by atoms with Crippen molar-refractivity contribution in [3.8, 4) is 5.75 Å². The third-order valence-electron chi connectivity index (χ3n) is 4.89. The van der Waals surface area contributed by atoms with E-state index < -0.39 is 16.5 Å². The monoisotopic (exact) mass is 462 g/mol. The number of anilines is 2. The number of hydrogen-bond donors (Lipinski definition) is 5. The van der Waals surface area contributed by atoms with Crippen LogP contribution >= 0.6 is 11.0 Å². The number of aromatic nitrogens is 1. The van der Waals surface area contributed by atoms with Crippen molar-refractivity contribution in [3.63, 3.8) is 0 Å². The average molecular weight is 463 g/mol. The van der Waals surface area contributed by atoms with Gasteiger partial charge in [0, 0.05) is 24.8 Å². The maximum Gasteiger partial charge on any atom is 0.252 e. The van der Waals surface area contributed by atoms with Gasteiger partial charge in [-0.15, -0.1) is 4.40 Å². The highest BCUT2D eigenvalue weighted by Crippen LogP contribution is 2.46. The van der Waals surface area contributed by atoms with Gasteiger partial charge in [-0.1, -0.05) is 6.07 Å². The third-order valence-corrected chi connectivity index (χ3v) is 5.84. The highest BCUT2D eigenvalue weighted by molar-refractivity contribution is 8.24. The second-order valence-electron chi connectivity index (χ2n) is 7.98. The first-order chi connectivity index (χ1) is 15.0. The Morgan fingerprint density at radius 2 is 2.00 bits per heavy atom. The van der Waals surface area contributed by atoms with Crippen molar-refractivity contribution in [2.75, 3.05) is 29.3 Å². The van der Waals surface area contributed by atoms with Crippen LogP contribution in [0.5, 0.6) is 5.75 Å². The summed E-state index contributed by atoms with van der Waals surface area (Å²) in [7, 11) is -3.37. The Morgan fingerprint density at radius 3 is 2.69 bits per heavy atom. The van der Waals surface area contributed by atoms with Gasteiger partial charge in [-0.05, 0) is 62.9 Å². The lowest BCUT2D eigenvalue weighted by Crippen LogP contribution is -2.48. The Hall–Kier alpha value is -3.02. The van der Waals surface area contributed by atoms with Gasteiger partial charge in [0.25, 0.3) is 5.91 Å². The number of benzene rings is 1. The lowest BCUT2D eigenvalue weighted by Gasteiger charge is -2.34. The molecule has 11 heteroatoms. The smallest absolute Gasteiger partial charge is 0.252 e. The molecule has 0 radical (unpaired) electrons. The van der Waals surface area contributed by atoms with Gasteiger partial charge in [0.05, 0.1) is 16.8 Å². The zero-order chi connectivity index (χ0) is 23.5. The Labute approximate surface area is 189 Å². The zero-order valence-corrected chi connectivity index (χ0v) is 19.4. The van der Waals surface area contributed by atoms with E-state index in [1.165, 1.54) is 0 Å². The summed E-state index contributed by atoms with van der Waals surface area (Å²) in [6.45, 7) is 9.51. The fourth-order valence-corrected chi connectivity index (χ4v) is 4.18. The molecule has 1 aliphatic rings. The minimum absolute atomic E-state index is 0.0306. The van der Waals surface area contributed by atoms with Crippen LogP contribution < -0.4 is 25.4 Å². The fraction of sp³-hybridized carbons (Fsp3) is 0.381. The van der Waals surface area contributed by atoms with E-state index in [1.54, 1.807) is 36.5 Å². The number of rotatable bonds is 8. The topological polar surface area (TPSA) is 145 Å². The van der Waals surface area contributed by atoms with E-state index in [0.29, 0.717) is 22.6 Å². The second-order valence-corrected chi connectivity index (χ2v) is 9.40. The summed E-state index contributed by atoms with van der Waals surface area (Å²) in [5, 5.41) is 2.99. The number of nitrogens with zero attached hydrogens (tertiary/aromatic N) is 3. The summed E-state index contributed by atoms with van der Waals surface area (Å²) in [4.78, 5) is 19.3. The molecule has 32 heavy (non-hydrogen) atoms. The normalized spacial score (nSPS) is 15.6. The fourth-order valence-electron chi connectivity index (χ4n) is 3.31. The van der Waals surface area contributed by atoms with E-state index in [4.69, 9.17) is 10.5 Å². The van der Waals surface area contributed by atoms with Crippen LogP contribution in [-0.4, -0.2) is 51.1 Å². The molecule has 1 aromatic carbocycles. The Balaban J connectivity index is 1.71. The molecule has 3 rings (SSSR count). The van der Waals surface area contributed by atoms with Gasteiger partial charge in [0.1, 0.15) is 18.2 Å². The maximum atomic E-state index is 12.9. The third kappa shape index (κ3) is 5.42. The number of amides is 1. The minimum atomic E-state index is -3.37. The van der Waals surface area contributed by atoms with Crippen LogP contribution in [0, 0.1) is 0 Å². The molecule has 1 aromatic heterocycles. The molecule has 10 nitrogen and oxygen atoms in total. The number of nitrogens with two attached hydrogens (primary N) is 1. The quantitative estimate of drug-likeness (QED) is 0.402. The molecule has 0 aliphatic carbocycles. The molecule has 1 amide bonds. The molecule has 0 spiro atoms. The highest BCUT2D eigenvalue weighted by Gasteiger charge is 2.27. The predicted octanol–water partition coefficient (Wildman–Crippen LogP) is 3.23. The predicted molar refractivity (Wildman–Crippen MR) is 128 cm³/mol. The summed E-state index contributed by atoms with van der Waals surface area (Å²) < 4.78 is 31.8. The lowest BCUT2D eigenvalue weighted by molar-refractivity contribution is 0.0880. The van der Waals surface area contributed by atoms with Gasteiger partial charge in [0.15, 0.2) is 5.84 Å². The number of carbonyl (C=O) groups is 1. The van der Waals surface area contributed by atoms with Gasteiger partial charge in [0.2, 0.25) is 0 Å². The Kier molecular flexibility index (Phi) is 6.82. The van der Waals surface area contributed by atoms with Gasteiger partial charge >= 0.3 is 0 Å². The summed E-state index contributed by atoms with van der Waals surface area (Å²) >= 11 is 0. The van der Waals surface area contributed by atoms with Crippen LogP contribution in [0.2, 0.25) is 0 Å². The van der Waals surface area contributed by atoms with E-state index in [9.17, 15) is 13.9 Å². The number of fused-ring (bicyclic) bond motifs is 1. The summed E-state index contributed by atoms with van der Waals surface area (Å²) in [6.07, 6.45) is 1.63. The zero-order valence-electron chi connectivity index (χ0n) is 18.6. The summed E-state index contributed by atoms with van der Waals surface area (Å²) in [5.74, 6) is 0.903. The number of pyridine rings is 1. The number of amidine groups is 1. The second kappa shape index (κ2) is 9.23. The number of carbonyl (C=O) groups excluding carboxylic acids is 1. The molecule has 0 bridgehead atoms. The number of hydrogen-bond acceptors (Lipinski definition) is 9. The molecule has 2 heterocycles. The first-order valence-corrected chi connectivity index (χ1v) is 11.8. The SMILES string of the molecule is CCN(CC)c1cc(C(=O)NC(C)(C)COc2cccc3c2C(N)=NS(O)(O)N3)ccn1. The van der Waals surface area contributed by atoms with E-state index >= 15 is 0 Å².